The van der Waals surface area contributed by atoms with Gasteiger partial charge >= 0.3 is 5.97 Å². The van der Waals surface area contributed by atoms with Crippen LogP contribution in [0.15, 0.2) is 22.4 Å². The zero-order valence-corrected chi connectivity index (χ0v) is 10.4. The summed E-state index contributed by atoms with van der Waals surface area (Å²) in [6.45, 7) is 1.75. The number of carbonyl (C=O) groups is 1. The molecular weight excluding hydrogens is 272 g/mol. The van der Waals surface area contributed by atoms with Crippen LogP contribution < -0.4 is 0 Å². The monoisotopic (exact) mass is 280 g/mol. The molecular formula is C10H8N4O4S. The molecule has 0 unspecified atom stereocenters. The predicted octanol–water partition coefficient (Wildman–Crippen LogP) is 2.37. The molecule has 8 nitrogen and oxygen atoms in total. The number of aryl methyl sites for hydroxylation is 1. The first-order valence-electron chi connectivity index (χ1n) is 4.99. The van der Waals surface area contributed by atoms with E-state index in [9.17, 15) is 15.0 Å². The van der Waals surface area contributed by atoms with Crippen LogP contribution in [0.5, 0.6) is 11.5 Å². The van der Waals surface area contributed by atoms with Crippen molar-refractivity contribution in [2.45, 2.75) is 6.92 Å². The zero-order chi connectivity index (χ0) is 14.0. The van der Waals surface area contributed by atoms with Crippen LogP contribution in [0.2, 0.25) is 0 Å². The van der Waals surface area contributed by atoms with Crippen molar-refractivity contribution >= 4 is 28.1 Å². The van der Waals surface area contributed by atoms with Crippen molar-refractivity contribution in [2.24, 2.45) is 10.2 Å². The third-order valence-corrected chi connectivity index (χ3v) is 2.83. The van der Waals surface area contributed by atoms with Crippen LogP contribution >= 0.6 is 11.3 Å². The summed E-state index contributed by atoms with van der Waals surface area (Å²) in [6.07, 6.45) is 0. The molecule has 0 aliphatic rings. The summed E-state index contributed by atoms with van der Waals surface area (Å²) >= 11 is 1.20. The summed E-state index contributed by atoms with van der Waals surface area (Å²) in [5.41, 5.74) is -0.701. The predicted molar refractivity (Wildman–Crippen MR) is 65.6 cm³/mol. The van der Waals surface area contributed by atoms with E-state index < -0.39 is 23.0 Å². The van der Waals surface area contributed by atoms with E-state index in [-0.39, 0.29) is 10.8 Å². The molecule has 0 radical (unpaired) electrons. The van der Waals surface area contributed by atoms with Gasteiger partial charge in [0.15, 0.2) is 5.75 Å². The number of carboxylic acids is 1. The summed E-state index contributed by atoms with van der Waals surface area (Å²) in [7, 11) is 0. The van der Waals surface area contributed by atoms with Gasteiger partial charge in [0.05, 0.1) is 0 Å². The first-order chi connectivity index (χ1) is 8.99. The van der Waals surface area contributed by atoms with E-state index in [1.165, 1.54) is 17.4 Å². The van der Waals surface area contributed by atoms with Crippen LogP contribution in [0, 0.1) is 6.92 Å². The molecule has 2 aromatic rings. The summed E-state index contributed by atoms with van der Waals surface area (Å²) in [5, 5.41) is 43.7. The number of aromatic carboxylic acids is 1. The minimum Gasteiger partial charge on any atom is -0.507 e. The van der Waals surface area contributed by atoms with E-state index in [0.29, 0.717) is 5.01 Å². The smallest absolute Gasteiger partial charge is 0.343 e. The lowest BCUT2D eigenvalue weighted by Gasteiger charge is -2.03. The van der Waals surface area contributed by atoms with Crippen molar-refractivity contribution in [2.75, 3.05) is 0 Å². The Balaban J connectivity index is 2.39. The summed E-state index contributed by atoms with van der Waals surface area (Å²) in [5.74, 6) is -2.66. The molecule has 9 heteroatoms. The van der Waals surface area contributed by atoms with E-state index in [2.05, 4.69) is 20.4 Å². The molecule has 1 aromatic carbocycles. The number of phenols is 2. The topological polar surface area (TPSA) is 128 Å². The van der Waals surface area contributed by atoms with Crippen molar-refractivity contribution in [3.8, 4) is 11.5 Å². The average molecular weight is 280 g/mol. The largest absolute Gasteiger partial charge is 0.507 e. The number of aromatic nitrogens is 2. The van der Waals surface area contributed by atoms with Crippen molar-refractivity contribution < 1.29 is 20.1 Å². The van der Waals surface area contributed by atoms with Crippen LogP contribution in [0.3, 0.4) is 0 Å². The van der Waals surface area contributed by atoms with Gasteiger partial charge in [-0.2, -0.15) is 0 Å². The highest BCUT2D eigenvalue weighted by atomic mass is 32.1. The third-order valence-electron chi connectivity index (χ3n) is 2.11. The molecule has 3 N–H and O–H groups in total. The SMILES string of the molecule is Cc1nnc(N=Nc2ccc(O)c(C(=O)O)c2O)s1. The van der Waals surface area contributed by atoms with Gasteiger partial charge < -0.3 is 15.3 Å². The van der Waals surface area contributed by atoms with Gasteiger partial charge in [-0.1, -0.05) is 11.3 Å². The molecule has 0 atom stereocenters. The Morgan fingerprint density at radius 1 is 1.26 bits per heavy atom. The maximum atomic E-state index is 10.9. The molecule has 0 aliphatic heterocycles. The molecule has 0 spiro atoms. The van der Waals surface area contributed by atoms with Crippen LogP contribution in [0.4, 0.5) is 10.8 Å². The second kappa shape index (κ2) is 4.98. The minimum atomic E-state index is -1.46. The third kappa shape index (κ3) is 2.65. The molecule has 0 saturated heterocycles. The van der Waals surface area contributed by atoms with Crippen molar-refractivity contribution in [1.82, 2.24) is 10.2 Å². The van der Waals surface area contributed by atoms with Crippen molar-refractivity contribution in [1.29, 1.82) is 0 Å². The second-order valence-corrected chi connectivity index (χ2v) is 4.60. The highest BCUT2D eigenvalue weighted by molar-refractivity contribution is 7.14. The van der Waals surface area contributed by atoms with Gasteiger partial charge in [-0.3, -0.25) is 0 Å². The Hall–Kier alpha value is -2.55. The van der Waals surface area contributed by atoms with E-state index in [0.717, 1.165) is 6.07 Å². The van der Waals surface area contributed by atoms with Gasteiger partial charge in [0, 0.05) is 0 Å². The normalized spacial score (nSPS) is 11.0. The quantitative estimate of drug-likeness (QED) is 0.740. The summed E-state index contributed by atoms with van der Waals surface area (Å²) < 4.78 is 0. The lowest BCUT2D eigenvalue weighted by atomic mass is 10.1. The second-order valence-electron chi connectivity index (χ2n) is 3.44. The average Bonchev–Trinajstić information content (AvgIpc) is 2.74. The van der Waals surface area contributed by atoms with E-state index in [1.807, 2.05) is 0 Å². The summed E-state index contributed by atoms with van der Waals surface area (Å²) in [6, 6.07) is 2.36. The minimum absolute atomic E-state index is 0.0805. The standard InChI is InChI=1S/C10H8N4O4S/c1-4-11-13-10(19-4)14-12-5-2-3-6(15)7(8(5)16)9(17)18/h2-3,15-16H,1H3,(H,17,18). The maximum Gasteiger partial charge on any atom is 0.343 e. The van der Waals surface area contributed by atoms with Gasteiger partial charge in [-0.15, -0.1) is 20.4 Å². The van der Waals surface area contributed by atoms with Gasteiger partial charge in [-0.25, -0.2) is 4.79 Å². The highest BCUT2D eigenvalue weighted by Gasteiger charge is 2.18. The number of hydrogen-bond acceptors (Lipinski definition) is 8. The lowest BCUT2D eigenvalue weighted by molar-refractivity contribution is 0.0690. The highest BCUT2D eigenvalue weighted by Crippen LogP contribution is 2.36. The molecule has 19 heavy (non-hydrogen) atoms. The number of benzene rings is 1. The Morgan fingerprint density at radius 3 is 2.58 bits per heavy atom. The van der Waals surface area contributed by atoms with Gasteiger partial charge in [0.1, 0.15) is 22.0 Å². The Kier molecular flexibility index (Phi) is 3.38. The van der Waals surface area contributed by atoms with Crippen LogP contribution in [0.25, 0.3) is 0 Å². The number of aromatic hydroxyl groups is 2. The molecule has 98 valence electrons. The molecule has 0 fully saturated rings. The number of carboxylic acid groups (broad SMARTS) is 1. The van der Waals surface area contributed by atoms with Gasteiger partial charge in [-0.05, 0) is 19.1 Å². The fourth-order valence-corrected chi connectivity index (χ4v) is 1.79. The fourth-order valence-electron chi connectivity index (χ4n) is 1.28. The fraction of sp³-hybridized carbons (Fsp3) is 0.100. The Bertz CT molecular complexity index is 668. The zero-order valence-electron chi connectivity index (χ0n) is 9.60. The molecule has 0 bridgehead atoms. The molecule has 0 aliphatic carbocycles. The molecule has 1 heterocycles. The molecule has 0 saturated carbocycles. The Labute approximate surface area is 110 Å². The van der Waals surface area contributed by atoms with E-state index >= 15 is 0 Å². The number of azo groups is 1. The van der Waals surface area contributed by atoms with Crippen molar-refractivity contribution in [3.63, 3.8) is 0 Å². The summed E-state index contributed by atoms with van der Waals surface area (Å²) in [4.78, 5) is 10.9. The number of hydrogen-bond donors (Lipinski definition) is 3. The number of rotatable bonds is 3. The van der Waals surface area contributed by atoms with Crippen LogP contribution in [0.1, 0.15) is 15.4 Å². The lowest BCUT2D eigenvalue weighted by Crippen LogP contribution is -1.97. The van der Waals surface area contributed by atoms with Crippen LogP contribution in [-0.4, -0.2) is 31.5 Å². The first kappa shape index (κ1) is 12.9. The Morgan fingerprint density at radius 2 is 2.00 bits per heavy atom. The van der Waals surface area contributed by atoms with Gasteiger partial charge in [0.25, 0.3) is 5.13 Å². The number of nitrogens with zero attached hydrogens (tertiary/aromatic N) is 4. The van der Waals surface area contributed by atoms with E-state index in [4.69, 9.17) is 5.11 Å². The molecule has 1 aromatic heterocycles. The van der Waals surface area contributed by atoms with E-state index in [1.54, 1.807) is 6.92 Å². The van der Waals surface area contributed by atoms with Crippen LogP contribution in [-0.2, 0) is 0 Å². The maximum absolute atomic E-state index is 10.9. The molecule has 2 rings (SSSR count). The molecule has 0 amide bonds. The van der Waals surface area contributed by atoms with Gasteiger partial charge in [0.2, 0.25) is 0 Å². The first-order valence-corrected chi connectivity index (χ1v) is 5.80. The van der Waals surface area contributed by atoms with Crippen molar-refractivity contribution in [3.05, 3.63) is 22.7 Å².